The minimum absolute atomic E-state index is 0.0113. The van der Waals surface area contributed by atoms with Crippen molar-refractivity contribution in [2.24, 2.45) is 11.7 Å². The lowest BCUT2D eigenvalue weighted by atomic mass is 9.93. The molecular formula is C14H19NO2. The van der Waals surface area contributed by atoms with Crippen LogP contribution in [0, 0.1) is 5.92 Å². The largest absolute Gasteiger partial charge is 0.493 e. The zero-order valence-electron chi connectivity index (χ0n) is 10.2. The van der Waals surface area contributed by atoms with E-state index in [1.165, 1.54) is 0 Å². The van der Waals surface area contributed by atoms with Crippen LogP contribution in [0.15, 0.2) is 24.3 Å². The molecule has 1 aliphatic rings. The van der Waals surface area contributed by atoms with Crippen LogP contribution in [0.3, 0.4) is 0 Å². The second kappa shape index (κ2) is 5.32. The molecule has 3 nitrogen and oxygen atoms in total. The molecule has 17 heavy (non-hydrogen) atoms. The molecule has 1 aromatic carbocycles. The van der Waals surface area contributed by atoms with Gasteiger partial charge in [-0.1, -0.05) is 18.6 Å². The predicted molar refractivity (Wildman–Crippen MR) is 67.3 cm³/mol. The highest BCUT2D eigenvalue weighted by atomic mass is 16.5. The van der Waals surface area contributed by atoms with Crippen molar-refractivity contribution < 1.29 is 9.53 Å². The number of nitrogens with two attached hydrogens (primary N) is 1. The van der Waals surface area contributed by atoms with E-state index in [9.17, 15) is 4.79 Å². The van der Waals surface area contributed by atoms with Crippen molar-refractivity contribution in [1.82, 2.24) is 0 Å². The first kappa shape index (κ1) is 12.1. The van der Waals surface area contributed by atoms with Gasteiger partial charge in [-0.15, -0.1) is 0 Å². The summed E-state index contributed by atoms with van der Waals surface area (Å²) < 4.78 is 5.49. The first-order valence-corrected chi connectivity index (χ1v) is 6.25. The highest BCUT2D eigenvalue weighted by molar-refractivity contribution is 6.00. The summed E-state index contributed by atoms with van der Waals surface area (Å²) in [6.07, 6.45) is 2.90. The van der Waals surface area contributed by atoms with Gasteiger partial charge in [-0.2, -0.15) is 0 Å². The van der Waals surface area contributed by atoms with E-state index in [0.717, 1.165) is 19.3 Å². The number of para-hydroxylation sites is 1. The SMILES string of the molecule is CCOc1ccccc1C(=O)C1CCCC1N. The lowest BCUT2D eigenvalue weighted by molar-refractivity contribution is 0.0909. The van der Waals surface area contributed by atoms with Crippen LogP contribution in [0.1, 0.15) is 36.5 Å². The van der Waals surface area contributed by atoms with Crippen molar-refractivity contribution in [3.8, 4) is 5.75 Å². The van der Waals surface area contributed by atoms with Gasteiger partial charge in [0.15, 0.2) is 5.78 Å². The zero-order valence-corrected chi connectivity index (χ0v) is 10.2. The molecule has 0 aliphatic heterocycles. The lowest BCUT2D eigenvalue weighted by Crippen LogP contribution is -2.30. The topological polar surface area (TPSA) is 52.3 Å². The van der Waals surface area contributed by atoms with Crippen molar-refractivity contribution in [3.05, 3.63) is 29.8 Å². The molecule has 1 saturated carbocycles. The minimum atomic E-state index is -0.0309. The Morgan fingerprint density at radius 3 is 2.82 bits per heavy atom. The van der Waals surface area contributed by atoms with Crippen molar-refractivity contribution in [2.75, 3.05) is 6.61 Å². The average molecular weight is 233 g/mol. The summed E-state index contributed by atoms with van der Waals surface area (Å²) in [4.78, 5) is 12.4. The van der Waals surface area contributed by atoms with E-state index < -0.39 is 0 Å². The quantitative estimate of drug-likeness (QED) is 0.812. The fourth-order valence-corrected chi connectivity index (χ4v) is 2.47. The Hall–Kier alpha value is -1.35. The van der Waals surface area contributed by atoms with E-state index in [-0.39, 0.29) is 17.7 Å². The van der Waals surface area contributed by atoms with Crippen LogP contribution in [0.2, 0.25) is 0 Å². The van der Waals surface area contributed by atoms with Crippen molar-refractivity contribution in [1.29, 1.82) is 0 Å². The Kier molecular flexibility index (Phi) is 3.79. The van der Waals surface area contributed by atoms with E-state index in [2.05, 4.69) is 0 Å². The smallest absolute Gasteiger partial charge is 0.171 e. The van der Waals surface area contributed by atoms with Crippen molar-refractivity contribution >= 4 is 5.78 Å². The number of ketones is 1. The maximum absolute atomic E-state index is 12.4. The van der Waals surface area contributed by atoms with Crippen molar-refractivity contribution in [2.45, 2.75) is 32.2 Å². The number of carbonyl (C=O) groups is 1. The standard InChI is InChI=1S/C14H19NO2/c1-2-17-13-9-4-3-6-11(13)14(16)10-7-5-8-12(10)15/h3-4,6,9-10,12H,2,5,7-8,15H2,1H3. The fourth-order valence-electron chi connectivity index (χ4n) is 2.47. The lowest BCUT2D eigenvalue weighted by Gasteiger charge is -2.16. The molecule has 0 spiro atoms. The molecule has 3 heteroatoms. The maximum atomic E-state index is 12.4. The van der Waals surface area contributed by atoms with Crippen LogP contribution >= 0.6 is 0 Å². The number of Topliss-reactive ketones (excluding diaryl/α,β-unsaturated/α-hetero) is 1. The molecule has 0 heterocycles. The molecule has 0 amide bonds. The summed E-state index contributed by atoms with van der Waals surface area (Å²) in [6, 6.07) is 7.44. The summed E-state index contributed by atoms with van der Waals surface area (Å²) in [5.74, 6) is 0.787. The third-order valence-electron chi connectivity index (χ3n) is 3.36. The van der Waals surface area contributed by atoms with Gasteiger partial charge < -0.3 is 10.5 Å². The van der Waals surface area contributed by atoms with E-state index in [1.54, 1.807) is 0 Å². The molecule has 2 unspecified atom stereocenters. The Morgan fingerprint density at radius 1 is 1.41 bits per heavy atom. The highest BCUT2D eigenvalue weighted by Gasteiger charge is 2.32. The van der Waals surface area contributed by atoms with Crippen LogP contribution in [0.4, 0.5) is 0 Å². The van der Waals surface area contributed by atoms with Gasteiger partial charge in [0.25, 0.3) is 0 Å². The van der Waals surface area contributed by atoms with Gasteiger partial charge >= 0.3 is 0 Å². The van der Waals surface area contributed by atoms with Crippen LogP contribution in [-0.4, -0.2) is 18.4 Å². The summed E-state index contributed by atoms with van der Waals surface area (Å²) in [5, 5.41) is 0. The average Bonchev–Trinajstić information content (AvgIpc) is 2.76. The normalized spacial score (nSPS) is 23.6. The second-order valence-corrected chi connectivity index (χ2v) is 4.49. The number of rotatable bonds is 4. The van der Waals surface area contributed by atoms with Crippen LogP contribution in [-0.2, 0) is 0 Å². The van der Waals surface area contributed by atoms with Crippen LogP contribution in [0.5, 0.6) is 5.75 Å². The van der Waals surface area contributed by atoms with Gasteiger partial charge in [0.2, 0.25) is 0 Å². The Morgan fingerprint density at radius 2 is 2.18 bits per heavy atom. The molecular weight excluding hydrogens is 214 g/mol. The fraction of sp³-hybridized carbons (Fsp3) is 0.500. The number of benzene rings is 1. The molecule has 2 atom stereocenters. The van der Waals surface area contributed by atoms with E-state index in [4.69, 9.17) is 10.5 Å². The molecule has 2 rings (SSSR count). The second-order valence-electron chi connectivity index (χ2n) is 4.49. The van der Waals surface area contributed by atoms with Gasteiger partial charge in [0, 0.05) is 12.0 Å². The minimum Gasteiger partial charge on any atom is -0.493 e. The van der Waals surface area contributed by atoms with E-state index >= 15 is 0 Å². The van der Waals surface area contributed by atoms with Crippen LogP contribution in [0.25, 0.3) is 0 Å². The maximum Gasteiger partial charge on any atom is 0.171 e. The van der Waals surface area contributed by atoms with Gasteiger partial charge in [0.05, 0.1) is 12.2 Å². The molecule has 2 N–H and O–H groups in total. The van der Waals surface area contributed by atoms with Gasteiger partial charge in [-0.05, 0) is 31.9 Å². The molecule has 1 fully saturated rings. The first-order chi connectivity index (χ1) is 8.24. The number of hydrogen-bond acceptors (Lipinski definition) is 3. The van der Waals surface area contributed by atoms with Gasteiger partial charge in [0.1, 0.15) is 5.75 Å². The highest BCUT2D eigenvalue weighted by Crippen LogP contribution is 2.30. The first-order valence-electron chi connectivity index (χ1n) is 6.25. The Bertz CT molecular complexity index is 403. The third-order valence-corrected chi connectivity index (χ3v) is 3.36. The zero-order chi connectivity index (χ0) is 12.3. The Balaban J connectivity index is 2.23. The van der Waals surface area contributed by atoms with Gasteiger partial charge in [-0.25, -0.2) is 0 Å². The predicted octanol–water partition coefficient (Wildman–Crippen LogP) is 2.40. The summed E-state index contributed by atoms with van der Waals surface area (Å²) in [7, 11) is 0. The van der Waals surface area contributed by atoms with E-state index in [0.29, 0.717) is 17.9 Å². The molecule has 0 aromatic heterocycles. The van der Waals surface area contributed by atoms with E-state index in [1.807, 2.05) is 31.2 Å². The van der Waals surface area contributed by atoms with Crippen LogP contribution < -0.4 is 10.5 Å². The number of hydrogen-bond donors (Lipinski definition) is 1. The molecule has 1 aromatic rings. The van der Waals surface area contributed by atoms with Gasteiger partial charge in [-0.3, -0.25) is 4.79 Å². The molecule has 0 saturated heterocycles. The monoisotopic (exact) mass is 233 g/mol. The molecule has 0 radical (unpaired) electrons. The summed E-state index contributed by atoms with van der Waals surface area (Å²) in [6.45, 7) is 2.49. The molecule has 1 aliphatic carbocycles. The summed E-state index contributed by atoms with van der Waals surface area (Å²) in [5.41, 5.74) is 6.66. The molecule has 92 valence electrons. The summed E-state index contributed by atoms with van der Waals surface area (Å²) >= 11 is 0. The van der Waals surface area contributed by atoms with Crippen molar-refractivity contribution in [3.63, 3.8) is 0 Å². The molecule has 0 bridgehead atoms. The number of ether oxygens (including phenoxy) is 1. The number of carbonyl (C=O) groups excluding carboxylic acids is 1. The third kappa shape index (κ3) is 2.50. The Labute approximate surface area is 102 Å².